The van der Waals surface area contributed by atoms with Crippen LogP contribution in [0, 0.1) is 0 Å². The van der Waals surface area contributed by atoms with E-state index in [9.17, 15) is 0 Å². The van der Waals surface area contributed by atoms with Gasteiger partial charge in [0.2, 0.25) is 0 Å². The topological polar surface area (TPSA) is 52.0 Å². The summed E-state index contributed by atoms with van der Waals surface area (Å²) in [5.74, 6) is 0. The van der Waals surface area contributed by atoms with Crippen molar-refractivity contribution in [1.82, 2.24) is 4.98 Å². The van der Waals surface area contributed by atoms with E-state index < -0.39 is 0 Å². The Labute approximate surface area is 76.2 Å². The Morgan fingerprint density at radius 2 is 2.23 bits per heavy atom. The summed E-state index contributed by atoms with van der Waals surface area (Å²) in [6.45, 7) is 0.526. The first-order valence-electron chi connectivity index (χ1n) is 4.08. The monoisotopic (exact) mass is 174 g/mol. The molecule has 0 radical (unpaired) electrons. The summed E-state index contributed by atoms with van der Waals surface area (Å²) < 4.78 is 4.96. The highest BCUT2D eigenvalue weighted by atomic mass is 16.3. The number of nitrogens with two attached hydrogens (primary N) is 1. The molecule has 2 aromatic rings. The Balaban J connectivity index is 2.33. The van der Waals surface area contributed by atoms with Crippen molar-refractivity contribution >= 4 is 0 Å². The summed E-state index contributed by atoms with van der Waals surface area (Å²) in [6, 6.07) is 5.78. The highest BCUT2D eigenvalue weighted by Crippen LogP contribution is 2.16. The Morgan fingerprint density at radius 3 is 2.77 bits per heavy atom. The molecule has 0 atom stereocenters. The SMILES string of the molecule is NCc1ccc(-c2ccoc2)nc1. The predicted molar refractivity (Wildman–Crippen MR) is 49.8 cm³/mol. The minimum atomic E-state index is 0.526. The van der Waals surface area contributed by atoms with Gasteiger partial charge < -0.3 is 10.2 Å². The van der Waals surface area contributed by atoms with Gasteiger partial charge in [-0.2, -0.15) is 0 Å². The third kappa shape index (κ3) is 1.60. The number of pyridine rings is 1. The van der Waals surface area contributed by atoms with Crippen LogP contribution in [-0.4, -0.2) is 4.98 Å². The molecule has 0 bridgehead atoms. The molecule has 0 aliphatic carbocycles. The standard InChI is InChI=1S/C10H10N2O/c11-5-8-1-2-10(12-6-8)9-3-4-13-7-9/h1-4,6-7H,5,11H2. The second-order valence-corrected chi connectivity index (χ2v) is 2.77. The van der Waals surface area contributed by atoms with Crippen molar-refractivity contribution in [3.63, 3.8) is 0 Å². The molecule has 0 unspecified atom stereocenters. The fraction of sp³-hybridized carbons (Fsp3) is 0.100. The molecule has 66 valence electrons. The van der Waals surface area contributed by atoms with Crippen molar-refractivity contribution in [2.75, 3.05) is 0 Å². The average molecular weight is 174 g/mol. The van der Waals surface area contributed by atoms with E-state index in [2.05, 4.69) is 4.98 Å². The third-order valence-corrected chi connectivity index (χ3v) is 1.88. The highest BCUT2D eigenvalue weighted by molar-refractivity contribution is 5.56. The van der Waals surface area contributed by atoms with Crippen molar-refractivity contribution in [3.05, 3.63) is 42.5 Å². The number of nitrogens with zero attached hydrogens (tertiary/aromatic N) is 1. The molecule has 2 heterocycles. The van der Waals surface area contributed by atoms with Gasteiger partial charge in [0.05, 0.1) is 18.2 Å². The van der Waals surface area contributed by atoms with E-state index in [1.807, 2.05) is 18.2 Å². The van der Waals surface area contributed by atoms with Crippen LogP contribution in [0.4, 0.5) is 0 Å². The zero-order valence-corrected chi connectivity index (χ0v) is 7.10. The fourth-order valence-electron chi connectivity index (χ4n) is 1.13. The van der Waals surface area contributed by atoms with Gasteiger partial charge in [-0.15, -0.1) is 0 Å². The maximum absolute atomic E-state index is 5.46. The van der Waals surface area contributed by atoms with Crippen molar-refractivity contribution in [2.24, 2.45) is 5.73 Å². The van der Waals surface area contributed by atoms with Gasteiger partial charge in [-0.3, -0.25) is 4.98 Å². The molecule has 0 fully saturated rings. The first-order valence-corrected chi connectivity index (χ1v) is 4.08. The van der Waals surface area contributed by atoms with Crippen molar-refractivity contribution in [1.29, 1.82) is 0 Å². The first kappa shape index (κ1) is 8.01. The second kappa shape index (κ2) is 3.41. The number of furan rings is 1. The van der Waals surface area contributed by atoms with Gasteiger partial charge in [0, 0.05) is 18.3 Å². The molecule has 0 amide bonds. The van der Waals surface area contributed by atoms with Crippen LogP contribution in [0.15, 0.2) is 41.3 Å². The van der Waals surface area contributed by atoms with Crippen molar-refractivity contribution < 1.29 is 4.42 Å². The van der Waals surface area contributed by atoms with Crippen LogP contribution in [-0.2, 0) is 6.54 Å². The largest absolute Gasteiger partial charge is 0.472 e. The Morgan fingerprint density at radius 1 is 1.31 bits per heavy atom. The first-order chi connectivity index (χ1) is 6.40. The lowest BCUT2D eigenvalue weighted by Gasteiger charge is -1.97. The molecule has 13 heavy (non-hydrogen) atoms. The van der Waals surface area contributed by atoms with Crippen LogP contribution in [0.25, 0.3) is 11.3 Å². The fourth-order valence-corrected chi connectivity index (χ4v) is 1.13. The second-order valence-electron chi connectivity index (χ2n) is 2.77. The molecular formula is C10H10N2O. The Bertz CT molecular complexity index is 364. The van der Waals surface area contributed by atoms with Gasteiger partial charge in [-0.1, -0.05) is 6.07 Å². The lowest BCUT2D eigenvalue weighted by molar-refractivity contribution is 0.568. The van der Waals surface area contributed by atoms with Crippen LogP contribution in [0.5, 0.6) is 0 Å². The van der Waals surface area contributed by atoms with Crippen LogP contribution in [0.2, 0.25) is 0 Å². The van der Waals surface area contributed by atoms with Gasteiger partial charge in [0.15, 0.2) is 0 Å². The van der Waals surface area contributed by atoms with Crippen LogP contribution < -0.4 is 5.73 Å². The van der Waals surface area contributed by atoms with Gasteiger partial charge >= 0.3 is 0 Å². The van der Waals surface area contributed by atoms with Crippen molar-refractivity contribution in [2.45, 2.75) is 6.54 Å². The summed E-state index contributed by atoms with van der Waals surface area (Å²) in [5, 5.41) is 0. The molecule has 0 saturated heterocycles. The average Bonchev–Trinajstić information content (AvgIpc) is 2.71. The van der Waals surface area contributed by atoms with Crippen molar-refractivity contribution in [3.8, 4) is 11.3 Å². The Kier molecular flexibility index (Phi) is 2.10. The maximum Gasteiger partial charge on any atom is 0.0996 e. The molecule has 0 aliphatic heterocycles. The molecule has 0 saturated carbocycles. The van der Waals surface area contributed by atoms with Crippen LogP contribution >= 0.6 is 0 Å². The minimum absolute atomic E-state index is 0.526. The number of aromatic nitrogens is 1. The lowest BCUT2D eigenvalue weighted by Crippen LogP contribution is -1.96. The zero-order chi connectivity index (χ0) is 9.10. The van der Waals surface area contributed by atoms with E-state index in [-0.39, 0.29) is 0 Å². The summed E-state index contributed by atoms with van der Waals surface area (Å²) in [7, 11) is 0. The molecule has 0 spiro atoms. The zero-order valence-electron chi connectivity index (χ0n) is 7.10. The smallest absolute Gasteiger partial charge is 0.0996 e. The van der Waals surface area contributed by atoms with Gasteiger partial charge in [0.25, 0.3) is 0 Å². The molecule has 2 N–H and O–H groups in total. The summed E-state index contributed by atoms with van der Waals surface area (Å²) >= 11 is 0. The normalized spacial score (nSPS) is 10.2. The number of rotatable bonds is 2. The quantitative estimate of drug-likeness (QED) is 0.755. The molecule has 3 heteroatoms. The van der Waals surface area contributed by atoms with E-state index in [0.29, 0.717) is 6.54 Å². The minimum Gasteiger partial charge on any atom is -0.472 e. The summed E-state index contributed by atoms with van der Waals surface area (Å²) in [6.07, 6.45) is 5.08. The predicted octanol–water partition coefficient (Wildman–Crippen LogP) is 1.80. The molecule has 2 aromatic heterocycles. The molecule has 2 rings (SSSR count). The van der Waals surface area contributed by atoms with Gasteiger partial charge in [0.1, 0.15) is 0 Å². The van der Waals surface area contributed by atoms with E-state index in [1.165, 1.54) is 0 Å². The number of hydrogen-bond acceptors (Lipinski definition) is 3. The Hall–Kier alpha value is -1.61. The van der Waals surface area contributed by atoms with Crippen LogP contribution in [0.3, 0.4) is 0 Å². The van der Waals surface area contributed by atoms with E-state index >= 15 is 0 Å². The lowest BCUT2D eigenvalue weighted by atomic mass is 10.2. The summed E-state index contributed by atoms with van der Waals surface area (Å²) in [5.41, 5.74) is 8.39. The van der Waals surface area contributed by atoms with E-state index in [1.54, 1.807) is 18.7 Å². The molecule has 0 aromatic carbocycles. The maximum atomic E-state index is 5.46. The van der Waals surface area contributed by atoms with Gasteiger partial charge in [-0.05, 0) is 17.7 Å². The molecule has 0 aliphatic rings. The van der Waals surface area contributed by atoms with Crippen LogP contribution in [0.1, 0.15) is 5.56 Å². The van der Waals surface area contributed by atoms with Gasteiger partial charge in [-0.25, -0.2) is 0 Å². The van der Waals surface area contributed by atoms with E-state index in [4.69, 9.17) is 10.2 Å². The highest BCUT2D eigenvalue weighted by Gasteiger charge is 1.99. The summed E-state index contributed by atoms with van der Waals surface area (Å²) in [4.78, 5) is 4.25. The molecular weight excluding hydrogens is 164 g/mol. The van der Waals surface area contributed by atoms with E-state index in [0.717, 1.165) is 16.8 Å². The molecule has 3 nitrogen and oxygen atoms in total. The number of hydrogen-bond donors (Lipinski definition) is 1. The third-order valence-electron chi connectivity index (χ3n) is 1.88.